The van der Waals surface area contributed by atoms with Gasteiger partial charge in [-0.3, -0.25) is 4.79 Å². The maximum atomic E-state index is 10.6. The van der Waals surface area contributed by atoms with E-state index in [1.807, 2.05) is 0 Å². The molecule has 0 aliphatic rings. The van der Waals surface area contributed by atoms with Gasteiger partial charge < -0.3 is 20.5 Å². The maximum Gasteiger partial charge on any atom is 0.363 e. The Morgan fingerprint density at radius 2 is 2.19 bits per heavy atom. The molecule has 0 amide bonds. The predicted molar refractivity (Wildman–Crippen MR) is 79.3 cm³/mol. The SMILES string of the molecule is CCCC(CCNc1ccc([N+](=O)[O-])nc1)CCC(=O)O. The second-order valence-corrected chi connectivity index (χ2v) is 4.96. The minimum Gasteiger partial charge on any atom is -0.481 e. The van der Waals surface area contributed by atoms with Crippen LogP contribution in [-0.4, -0.2) is 27.5 Å². The molecule has 0 saturated heterocycles. The number of nitrogens with one attached hydrogen (secondary N) is 1. The lowest BCUT2D eigenvalue weighted by Gasteiger charge is -2.15. The lowest BCUT2D eigenvalue weighted by Crippen LogP contribution is -2.11. The van der Waals surface area contributed by atoms with E-state index >= 15 is 0 Å². The third kappa shape index (κ3) is 6.69. The van der Waals surface area contributed by atoms with Crippen LogP contribution in [0.5, 0.6) is 0 Å². The number of hydrogen-bond acceptors (Lipinski definition) is 5. The van der Waals surface area contributed by atoms with E-state index < -0.39 is 10.9 Å². The molecule has 7 heteroatoms. The quantitative estimate of drug-likeness (QED) is 0.507. The molecule has 1 unspecified atom stereocenters. The van der Waals surface area contributed by atoms with Gasteiger partial charge in [-0.05, 0) is 34.7 Å². The van der Waals surface area contributed by atoms with E-state index in [9.17, 15) is 14.9 Å². The molecule has 0 aliphatic carbocycles. The van der Waals surface area contributed by atoms with E-state index in [1.54, 1.807) is 6.07 Å². The summed E-state index contributed by atoms with van der Waals surface area (Å²) in [6, 6.07) is 2.98. The van der Waals surface area contributed by atoms with Crippen LogP contribution in [0, 0.1) is 16.0 Å². The van der Waals surface area contributed by atoms with E-state index in [4.69, 9.17) is 5.11 Å². The topological polar surface area (TPSA) is 105 Å². The summed E-state index contributed by atoms with van der Waals surface area (Å²) in [6.07, 6.45) is 5.23. The van der Waals surface area contributed by atoms with Crippen LogP contribution in [0.1, 0.15) is 39.0 Å². The van der Waals surface area contributed by atoms with Crippen molar-refractivity contribution in [3.05, 3.63) is 28.4 Å². The number of nitro groups is 1. The van der Waals surface area contributed by atoms with Gasteiger partial charge in [0.15, 0.2) is 6.20 Å². The van der Waals surface area contributed by atoms with Crippen LogP contribution in [0.25, 0.3) is 0 Å². The molecular weight excluding hydrogens is 274 g/mol. The zero-order valence-corrected chi connectivity index (χ0v) is 12.1. The summed E-state index contributed by atoms with van der Waals surface area (Å²) in [5, 5.41) is 22.4. The van der Waals surface area contributed by atoms with E-state index in [0.717, 1.165) is 24.9 Å². The van der Waals surface area contributed by atoms with Crippen molar-refractivity contribution in [3.63, 3.8) is 0 Å². The Balaban J connectivity index is 2.38. The number of rotatable bonds is 10. The number of nitrogens with zero attached hydrogens (tertiary/aromatic N) is 2. The third-order valence-corrected chi connectivity index (χ3v) is 3.28. The third-order valence-electron chi connectivity index (χ3n) is 3.28. The molecular formula is C14H21N3O4. The summed E-state index contributed by atoms with van der Waals surface area (Å²) in [5.41, 5.74) is 0.731. The predicted octanol–water partition coefficient (Wildman–Crippen LogP) is 3.07. The van der Waals surface area contributed by atoms with Crippen LogP contribution >= 0.6 is 0 Å². The first-order valence-corrected chi connectivity index (χ1v) is 7.09. The minimum absolute atomic E-state index is 0.175. The van der Waals surface area contributed by atoms with Gasteiger partial charge in [0.05, 0.1) is 5.69 Å². The van der Waals surface area contributed by atoms with Crippen LogP contribution in [0.4, 0.5) is 11.5 Å². The van der Waals surface area contributed by atoms with Crippen molar-refractivity contribution < 1.29 is 14.8 Å². The Hall–Kier alpha value is -2.18. The molecule has 0 fully saturated rings. The van der Waals surface area contributed by atoms with Gasteiger partial charge in [0.2, 0.25) is 0 Å². The van der Waals surface area contributed by atoms with Gasteiger partial charge in [0.1, 0.15) is 0 Å². The molecule has 1 aromatic heterocycles. The molecule has 116 valence electrons. The van der Waals surface area contributed by atoms with Crippen LogP contribution < -0.4 is 5.32 Å². The highest BCUT2D eigenvalue weighted by molar-refractivity contribution is 5.66. The fraction of sp³-hybridized carbons (Fsp3) is 0.571. The standard InChI is InChI=1S/C14H21N3O4/c1-2-3-11(4-7-14(18)19)8-9-15-12-5-6-13(16-10-12)17(20)21/h5-6,10-11,15H,2-4,7-9H2,1H3,(H,18,19). The van der Waals surface area contributed by atoms with Gasteiger partial charge in [-0.2, -0.15) is 0 Å². The van der Waals surface area contributed by atoms with E-state index in [1.165, 1.54) is 12.3 Å². The molecule has 1 aromatic rings. The van der Waals surface area contributed by atoms with Crippen molar-refractivity contribution in [3.8, 4) is 0 Å². The highest BCUT2D eigenvalue weighted by Crippen LogP contribution is 2.18. The second kappa shape index (κ2) is 8.89. The zero-order chi connectivity index (χ0) is 15.7. The monoisotopic (exact) mass is 295 g/mol. The molecule has 0 radical (unpaired) electrons. The number of pyridine rings is 1. The average molecular weight is 295 g/mol. The molecule has 21 heavy (non-hydrogen) atoms. The molecule has 0 spiro atoms. The molecule has 7 nitrogen and oxygen atoms in total. The zero-order valence-electron chi connectivity index (χ0n) is 12.1. The fourth-order valence-corrected chi connectivity index (χ4v) is 2.19. The molecule has 2 N–H and O–H groups in total. The first-order valence-electron chi connectivity index (χ1n) is 7.09. The lowest BCUT2D eigenvalue weighted by molar-refractivity contribution is -0.389. The van der Waals surface area contributed by atoms with Crippen LogP contribution in [0.2, 0.25) is 0 Å². The molecule has 0 saturated carbocycles. The summed E-state index contributed by atoms with van der Waals surface area (Å²) in [5.74, 6) is -0.556. The summed E-state index contributed by atoms with van der Waals surface area (Å²) in [7, 11) is 0. The summed E-state index contributed by atoms with van der Waals surface area (Å²) >= 11 is 0. The highest BCUT2D eigenvalue weighted by Gasteiger charge is 2.11. The van der Waals surface area contributed by atoms with Crippen molar-refractivity contribution >= 4 is 17.5 Å². The molecule has 1 atom stereocenters. The van der Waals surface area contributed by atoms with Crippen LogP contribution in [0.3, 0.4) is 0 Å². The second-order valence-electron chi connectivity index (χ2n) is 4.96. The Bertz CT molecular complexity index is 462. The molecule has 0 aromatic carbocycles. The Morgan fingerprint density at radius 3 is 2.71 bits per heavy atom. The summed E-state index contributed by atoms with van der Waals surface area (Å²) < 4.78 is 0. The fourth-order valence-electron chi connectivity index (χ4n) is 2.19. The van der Waals surface area contributed by atoms with Crippen molar-refractivity contribution in [2.24, 2.45) is 5.92 Å². The minimum atomic E-state index is -0.761. The number of aliphatic carboxylic acids is 1. The Kier molecular flexibility index (Phi) is 7.14. The van der Waals surface area contributed by atoms with Gasteiger partial charge in [-0.1, -0.05) is 19.8 Å². The molecule has 1 rings (SSSR count). The Labute approximate surface area is 123 Å². The first-order chi connectivity index (χ1) is 10.0. The average Bonchev–Trinajstić information content (AvgIpc) is 2.45. The van der Waals surface area contributed by atoms with Gasteiger partial charge in [-0.15, -0.1) is 0 Å². The Morgan fingerprint density at radius 1 is 1.43 bits per heavy atom. The highest BCUT2D eigenvalue weighted by atomic mass is 16.6. The van der Waals surface area contributed by atoms with Crippen molar-refractivity contribution in [2.45, 2.75) is 39.0 Å². The van der Waals surface area contributed by atoms with Crippen LogP contribution in [0.15, 0.2) is 18.3 Å². The molecule has 0 aliphatic heterocycles. The van der Waals surface area contributed by atoms with Gasteiger partial charge in [-0.25, -0.2) is 0 Å². The maximum absolute atomic E-state index is 10.6. The smallest absolute Gasteiger partial charge is 0.363 e. The summed E-state index contributed by atoms with van der Waals surface area (Å²) in [4.78, 5) is 24.3. The van der Waals surface area contributed by atoms with Gasteiger partial charge in [0, 0.05) is 19.0 Å². The van der Waals surface area contributed by atoms with E-state index in [2.05, 4.69) is 17.2 Å². The number of carboxylic acid groups (broad SMARTS) is 1. The van der Waals surface area contributed by atoms with E-state index in [0.29, 0.717) is 18.9 Å². The first kappa shape index (κ1) is 16.9. The molecule has 0 bridgehead atoms. The number of hydrogen-bond donors (Lipinski definition) is 2. The lowest BCUT2D eigenvalue weighted by atomic mass is 9.94. The van der Waals surface area contributed by atoms with Crippen LogP contribution in [-0.2, 0) is 4.79 Å². The van der Waals surface area contributed by atoms with Crippen molar-refractivity contribution in [1.29, 1.82) is 0 Å². The number of anilines is 1. The van der Waals surface area contributed by atoms with Crippen molar-refractivity contribution in [1.82, 2.24) is 4.98 Å². The molecule has 1 heterocycles. The summed E-state index contributed by atoms with van der Waals surface area (Å²) in [6.45, 7) is 2.78. The van der Waals surface area contributed by atoms with Gasteiger partial charge >= 0.3 is 11.8 Å². The number of carbonyl (C=O) groups is 1. The van der Waals surface area contributed by atoms with Gasteiger partial charge in [0.25, 0.3) is 0 Å². The number of carboxylic acids is 1. The van der Waals surface area contributed by atoms with E-state index in [-0.39, 0.29) is 12.2 Å². The van der Waals surface area contributed by atoms with Crippen molar-refractivity contribution in [2.75, 3.05) is 11.9 Å². The largest absolute Gasteiger partial charge is 0.481 e. The number of aromatic nitrogens is 1. The normalized spacial score (nSPS) is 11.9.